The van der Waals surface area contributed by atoms with Crippen molar-refractivity contribution >= 4 is 5.97 Å². The summed E-state index contributed by atoms with van der Waals surface area (Å²) in [6.07, 6.45) is 15.2. The molecule has 41 heavy (non-hydrogen) atoms. The van der Waals surface area contributed by atoms with Crippen LogP contribution < -0.4 is 4.74 Å². The first-order valence-corrected chi connectivity index (χ1v) is 16.4. The van der Waals surface area contributed by atoms with Crippen LogP contribution in [-0.2, 0) is 9.74 Å². The Hall–Kier alpha value is -2.43. The number of alkyl halides is 1. The van der Waals surface area contributed by atoms with E-state index in [-0.39, 0.29) is 18.3 Å². The maximum atomic E-state index is 15.6. The van der Waals surface area contributed by atoms with E-state index in [9.17, 15) is 9.32 Å². The van der Waals surface area contributed by atoms with Crippen molar-refractivity contribution in [2.24, 2.45) is 11.8 Å². The zero-order chi connectivity index (χ0) is 29.3. The van der Waals surface area contributed by atoms with Crippen molar-refractivity contribution in [3.8, 4) is 16.9 Å². The lowest BCUT2D eigenvalue weighted by molar-refractivity contribution is -0.191. The molecule has 1 aliphatic carbocycles. The fraction of sp³-hybridized carbons (Fsp3) is 0.639. The van der Waals surface area contributed by atoms with Gasteiger partial charge in [0, 0.05) is 10.1 Å². The van der Waals surface area contributed by atoms with Crippen LogP contribution >= 0.6 is 0 Å². The number of ether oxygens (including phenoxy) is 1. The molecule has 1 saturated carbocycles. The molecular formula is C36H52F2O3. The van der Waals surface area contributed by atoms with E-state index >= 15 is 4.39 Å². The van der Waals surface area contributed by atoms with E-state index < -0.39 is 18.1 Å². The number of carbonyl (C=O) groups excluding carboxylic acids is 1. The van der Waals surface area contributed by atoms with E-state index in [2.05, 4.69) is 49.1 Å². The van der Waals surface area contributed by atoms with E-state index in [4.69, 9.17) is 4.74 Å². The average molecular weight is 571 g/mol. The van der Waals surface area contributed by atoms with E-state index in [1.807, 2.05) is 18.2 Å². The summed E-state index contributed by atoms with van der Waals surface area (Å²) in [5.41, 5.74) is 3.27. The molecule has 4 atom stereocenters. The zero-order valence-corrected chi connectivity index (χ0v) is 25.4. The summed E-state index contributed by atoms with van der Waals surface area (Å²) in [7, 11) is 0. The molecular weight excluding hydrogens is 518 g/mol. The quantitative estimate of drug-likeness (QED) is 0.158. The second kappa shape index (κ2) is 18.9. The number of halogens is 2. The third-order valence-corrected chi connectivity index (χ3v) is 8.89. The van der Waals surface area contributed by atoms with Crippen LogP contribution in [0.2, 0.25) is 0 Å². The summed E-state index contributed by atoms with van der Waals surface area (Å²) in [4.78, 5) is 15.2. The number of benzene rings is 2. The topological polar surface area (TPSA) is 35.5 Å². The molecule has 2 aromatic rings. The molecule has 1 aliphatic rings. The van der Waals surface area contributed by atoms with Crippen molar-refractivity contribution in [2.45, 2.75) is 129 Å². The van der Waals surface area contributed by atoms with Crippen molar-refractivity contribution in [2.75, 3.05) is 6.61 Å². The predicted molar refractivity (Wildman–Crippen MR) is 164 cm³/mol. The number of rotatable bonds is 19. The number of carbonyl (C=O) groups is 1. The third kappa shape index (κ3) is 10.7. The minimum Gasteiger partial charge on any atom is -0.493 e. The predicted octanol–water partition coefficient (Wildman–Crippen LogP) is 11.1. The smallest absolute Gasteiger partial charge is 0.351 e. The highest BCUT2D eigenvalue weighted by atomic mass is 19.3. The van der Waals surface area contributed by atoms with Gasteiger partial charge in [-0.05, 0) is 61.1 Å². The van der Waals surface area contributed by atoms with Crippen LogP contribution in [0.4, 0.5) is 8.92 Å². The first-order chi connectivity index (χ1) is 20.1. The van der Waals surface area contributed by atoms with Gasteiger partial charge in [0.05, 0.1) is 12.5 Å². The van der Waals surface area contributed by atoms with Crippen molar-refractivity contribution in [1.29, 1.82) is 0 Å². The van der Waals surface area contributed by atoms with Gasteiger partial charge < -0.3 is 4.74 Å². The van der Waals surface area contributed by atoms with Gasteiger partial charge in [-0.1, -0.05) is 127 Å². The normalized spacial score (nSPS) is 19.6. The fourth-order valence-electron chi connectivity index (χ4n) is 6.45. The Morgan fingerprint density at radius 3 is 2.17 bits per heavy atom. The van der Waals surface area contributed by atoms with Crippen LogP contribution in [0.5, 0.6) is 5.75 Å². The number of hydrogen-bond acceptors (Lipinski definition) is 3. The highest BCUT2D eigenvalue weighted by Gasteiger charge is 2.39. The molecule has 0 bridgehead atoms. The molecule has 0 saturated heterocycles. The molecule has 2 aromatic carbocycles. The third-order valence-electron chi connectivity index (χ3n) is 8.89. The molecule has 1 fully saturated rings. The largest absolute Gasteiger partial charge is 0.493 e. The monoisotopic (exact) mass is 570 g/mol. The van der Waals surface area contributed by atoms with Crippen molar-refractivity contribution < 1.29 is 23.4 Å². The lowest BCUT2D eigenvalue weighted by Crippen LogP contribution is -2.34. The summed E-state index contributed by atoms with van der Waals surface area (Å²) in [6, 6.07) is 16.7. The molecule has 3 rings (SSSR count). The maximum Gasteiger partial charge on any atom is 0.351 e. The van der Waals surface area contributed by atoms with Gasteiger partial charge in [-0.3, -0.25) is 4.94 Å². The van der Waals surface area contributed by atoms with E-state index in [1.165, 1.54) is 51.4 Å². The molecule has 0 aromatic heterocycles. The van der Waals surface area contributed by atoms with Crippen LogP contribution in [0.25, 0.3) is 11.1 Å². The second-order valence-corrected chi connectivity index (χ2v) is 12.0. The molecule has 4 unspecified atom stereocenters. The Kier molecular flexibility index (Phi) is 15.2. The zero-order valence-electron chi connectivity index (χ0n) is 25.4. The van der Waals surface area contributed by atoms with Crippen LogP contribution in [0.15, 0.2) is 48.5 Å². The van der Waals surface area contributed by atoms with Crippen LogP contribution in [0, 0.1) is 11.8 Å². The number of unbranched alkanes of at least 4 members (excludes halogenated alkanes) is 10. The van der Waals surface area contributed by atoms with Gasteiger partial charge in [0.25, 0.3) is 0 Å². The summed E-state index contributed by atoms with van der Waals surface area (Å²) in [5, 5.41) is 0. The molecule has 0 spiro atoms. The SMILES string of the molecule is CCCCCCCCCCOc1cc(C(CCCCCC)C2CCC(C(=O)OF)CC2F)ccc1-c1ccccc1. The van der Waals surface area contributed by atoms with Gasteiger partial charge in [0.2, 0.25) is 0 Å². The molecule has 0 amide bonds. The summed E-state index contributed by atoms with van der Waals surface area (Å²) in [6.45, 7) is 5.11. The fourth-order valence-corrected chi connectivity index (χ4v) is 6.45. The second-order valence-electron chi connectivity index (χ2n) is 12.0. The van der Waals surface area contributed by atoms with Crippen LogP contribution in [0.3, 0.4) is 0 Å². The number of hydrogen-bond donors (Lipinski definition) is 0. The maximum absolute atomic E-state index is 15.6. The van der Waals surface area contributed by atoms with Gasteiger partial charge in [-0.25, -0.2) is 9.18 Å². The molecule has 0 heterocycles. The minimum absolute atomic E-state index is 0.0273. The van der Waals surface area contributed by atoms with Crippen LogP contribution in [0.1, 0.15) is 128 Å². The summed E-state index contributed by atoms with van der Waals surface area (Å²) >= 11 is 0. The lowest BCUT2D eigenvalue weighted by Gasteiger charge is -2.36. The van der Waals surface area contributed by atoms with E-state index in [0.29, 0.717) is 19.4 Å². The lowest BCUT2D eigenvalue weighted by atomic mass is 9.70. The first kappa shape index (κ1) is 33.1. The molecule has 0 aliphatic heterocycles. The minimum atomic E-state index is -1.17. The van der Waals surface area contributed by atoms with Crippen LogP contribution in [-0.4, -0.2) is 18.7 Å². The van der Waals surface area contributed by atoms with Gasteiger partial charge in [-0.15, -0.1) is 0 Å². The van der Waals surface area contributed by atoms with E-state index in [1.54, 1.807) is 0 Å². The molecule has 0 radical (unpaired) electrons. The highest BCUT2D eigenvalue weighted by molar-refractivity contribution is 5.72. The Morgan fingerprint density at radius 2 is 1.51 bits per heavy atom. The van der Waals surface area contributed by atoms with Crippen molar-refractivity contribution in [1.82, 2.24) is 0 Å². The van der Waals surface area contributed by atoms with Crippen molar-refractivity contribution in [3.63, 3.8) is 0 Å². The molecule has 3 nitrogen and oxygen atoms in total. The average Bonchev–Trinajstić information content (AvgIpc) is 3.00. The van der Waals surface area contributed by atoms with Gasteiger partial charge >= 0.3 is 5.97 Å². The Bertz CT molecular complexity index is 996. The standard InChI is InChI=1S/C36H52F2O3/c1-3-5-7-9-10-11-12-17-25-40-35-27-29(21-23-32(35)28-18-14-13-15-19-28)31(20-16-8-6-4-2)33-24-22-30(26-34(33)37)36(39)41-38/h13-15,18-19,21,23,27,30-31,33-34H,3-12,16-17,20,22,24-26H2,1-2H3. The van der Waals surface area contributed by atoms with E-state index in [0.717, 1.165) is 54.5 Å². The summed E-state index contributed by atoms with van der Waals surface area (Å²) in [5.74, 6) is -0.948. The Balaban J connectivity index is 1.76. The Labute approximate surface area is 247 Å². The van der Waals surface area contributed by atoms with Gasteiger partial charge in [-0.2, -0.15) is 0 Å². The van der Waals surface area contributed by atoms with Gasteiger partial charge in [0.15, 0.2) is 0 Å². The van der Waals surface area contributed by atoms with Gasteiger partial charge in [0.1, 0.15) is 11.9 Å². The first-order valence-electron chi connectivity index (χ1n) is 16.4. The summed E-state index contributed by atoms with van der Waals surface area (Å²) < 4.78 is 34.6. The molecule has 0 N–H and O–H groups in total. The molecule has 5 heteroatoms. The molecule has 228 valence electrons. The highest BCUT2D eigenvalue weighted by Crippen LogP contribution is 2.44. The Morgan fingerprint density at radius 1 is 0.854 bits per heavy atom. The van der Waals surface area contributed by atoms with Crippen molar-refractivity contribution in [3.05, 3.63) is 54.1 Å².